The average molecular weight is 376 g/mol. The molecule has 3 rings (SSSR count). The summed E-state index contributed by atoms with van der Waals surface area (Å²) in [6.07, 6.45) is 1.77. The maximum Gasteiger partial charge on any atom is 0.250 e. The predicted molar refractivity (Wildman–Crippen MR) is 100 cm³/mol. The molecule has 26 heavy (non-hydrogen) atoms. The number of halogens is 1. The zero-order valence-electron chi connectivity index (χ0n) is 14.9. The quantitative estimate of drug-likeness (QED) is 0.824. The molecule has 0 saturated heterocycles. The Morgan fingerprint density at radius 2 is 1.81 bits per heavy atom. The Bertz CT molecular complexity index is 928. The van der Waals surface area contributed by atoms with Crippen molar-refractivity contribution in [2.75, 3.05) is 15.5 Å². The number of amides is 1. The van der Waals surface area contributed by atoms with Crippen molar-refractivity contribution in [1.29, 1.82) is 0 Å². The third-order valence-corrected chi connectivity index (χ3v) is 5.83. The highest BCUT2D eigenvalue weighted by Crippen LogP contribution is 2.33. The van der Waals surface area contributed by atoms with Crippen molar-refractivity contribution in [1.82, 2.24) is 0 Å². The van der Waals surface area contributed by atoms with E-state index < -0.39 is 21.9 Å². The molecule has 0 aromatic heterocycles. The van der Waals surface area contributed by atoms with Gasteiger partial charge in [0.1, 0.15) is 11.9 Å². The highest BCUT2D eigenvalue weighted by molar-refractivity contribution is 7.92. The first-order valence-electron chi connectivity index (χ1n) is 8.36. The largest absolute Gasteiger partial charge is 0.307 e. The van der Waals surface area contributed by atoms with Crippen LogP contribution < -0.4 is 9.21 Å². The van der Waals surface area contributed by atoms with Gasteiger partial charge < -0.3 is 4.90 Å². The van der Waals surface area contributed by atoms with E-state index in [1.54, 1.807) is 11.8 Å². The molecular weight excluding hydrogens is 355 g/mol. The first kappa shape index (κ1) is 18.4. The number of sulfonamides is 1. The van der Waals surface area contributed by atoms with Gasteiger partial charge in [-0.2, -0.15) is 0 Å². The summed E-state index contributed by atoms with van der Waals surface area (Å²) >= 11 is 0. The van der Waals surface area contributed by atoms with Crippen LogP contribution in [0.1, 0.15) is 19.4 Å². The Morgan fingerprint density at radius 1 is 1.19 bits per heavy atom. The van der Waals surface area contributed by atoms with E-state index in [2.05, 4.69) is 0 Å². The molecule has 0 radical (unpaired) electrons. The highest BCUT2D eigenvalue weighted by Gasteiger charge is 2.37. The number of anilines is 2. The van der Waals surface area contributed by atoms with Crippen LogP contribution in [0.2, 0.25) is 0 Å². The van der Waals surface area contributed by atoms with Crippen molar-refractivity contribution in [3.05, 3.63) is 59.9 Å². The topological polar surface area (TPSA) is 57.7 Å². The molecule has 1 amide bonds. The summed E-state index contributed by atoms with van der Waals surface area (Å²) in [6, 6.07) is 11.7. The molecule has 1 heterocycles. The molecule has 2 aromatic rings. The Labute approximate surface area is 153 Å². The molecule has 7 heteroatoms. The molecule has 1 aliphatic rings. The minimum atomic E-state index is -3.74. The monoisotopic (exact) mass is 376 g/mol. The van der Waals surface area contributed by atoms with Crippen LogP contribution in [0.3, 0.4) is 0 Å². The molecule has 2 atom stereocenters. The number of hydrogen-bond donors (Lipinski definition) is 0. The van der Waals surface area contributed by atoms with Crippen LogP contribution in [0.25, 0.3) is 0 Å². The number of hydrogen-bond acceptors (Lipinski definition) is 3. The Morgan fingerprint density at radius 3 is 2.42 bits per heavy atom. The molecule has 138 valence electrons. The Hall–Kier alpha value is -2.41. The molecule has 5 nitrogen and oxygen atoms in total. The summed E-state index contributed by atoms with van der Waals surface area (Å²) in [6.45, 7) is 3.49. The van der Waals surface area contributed by atoms with E-state index in [4.69, 9.17) is 0 Å². The van der Waals surface area contributed by atoms with Crippen LogP contribution in [-0.4, -0.2) is 32.7 Å². The van der Waals surface area contributed by atoms with Crippen molar-refractivity contribution < 1.29 is 17.6 Å². The van der Waals surface area contributed by atoms with Crippen LogP contribution in [0, 0.1) is 5.82 Å². The highest BCUT2D eigenvalue weighted by atomic mass is 32.2. The lowest BCUT2D eigenvalue weighted by Gasteiger charge is -2.33. The van der Waals surface area contributed by atoms with Gasteiger partial charge in [0.15, 0.2) is 0 Å². The third-order valence-electron chi connectivity index (χ3n) is 4.59. The van der Waals surface area contributed by atoms with Gasteiger partial charge in [-0.05, 0) is 56.2 Å². The van der Waals surface area contributed by atoms with Gasteiger partial charge in [-0.15, -0.1) is 0 Å². The number of nitrogens with zero attached hydrogens (tertiary/aromatic N) is 2. The Kier molecular flexibility index (Phi) is 4.75. The zero-order valence-corrected chi connectivity index (χ0v) is 15.7. The third kappa shape index (κ3) is 3.31. The lowest BCUT2D eigenvalue weighted by Crippen LogP contribution is -2.51. The second-order valence-electron chi connectivity index (χ2n) is 6.60. The number of para-hydroxylation sites is 1. The lowest BCUT2D eigenvalue weighted by atomic mass is 10.1. The second kappa shape index (κ2) is 6.72. The number of carbonyl (C=O) groups excluding carboxylic acids is 1. The fourth-order valence-electron chi connectivity index (χ4n) is 3.49. The van der Waals surface area contributed by atoms with Crippen molar-refractivity contribution in [2.24, 2.45) is 0 Å². The average Bonchev–Trinajstić information content (AvgIpc) is 2.90. The number of carbonyl (C=O) groups is 1. The van der Waals surface area contributed by atoms with E-state index >= 15 is 0 Å². The van der Waals surface area contributed by atoms with Gasteiger partial charge in [-0.25, -0.2) is 12.8 Å². The molecule has 1 aliphatic heterocycles. The zero-order chi connectivity index (χ0) is 19.1. The summed E-state index contributed by atoms with van der Waals surface area (Å²) < 4.78 is 39.0. The van der Waals surface area contributed by atoms with E-state index in [1.807, 2.05) is 31.2 Å². The van der Waals surface area contributed by atoms with Crippen molar-refractivity contribution in [3.63, 3.8) is 0 Å². The van der Waals surface area contributed by atoms with Crippen LogP contribution in [-0.2, 0) is 21.2 Å². The number of fused-ring (bicyclic) bond motifs is 1. The van der Waals surface area contributed by atoms with Crippen molar-refractivity contribution in [2.45, 2.75) is 32.4 Å². The Balaban J connectivity index is 1.98. The minimum Gasteiger partial charge on any atom is -0.307 e. The number of rotatable bonds is 4. The van der Waals surface area contributed by atoms with Gasteiger partial charge in [0.25, 0.3) is 5.91 Å². The second-order valence-corrected chi connectivity index (χ2v) is 8.46. The smallest absolute Gasteiger partial charge is 0.250 e. The summed E-state index contributed by atoms with van der Waals surface area (Å²) in [4.78, 5) is 14.8. The van der Waals surface area contributed by atoms with Crippen LogP contribution in [0.5, 0.6) is 0 Å². The first-order valence-corrected chi connectivity index (χ1v) is 10.2. The molecule has 2 aromatic carbocycles. The fourth-order valence-corrected chi connectivity index (χ4v) is 4.66. The normalized spacial score (nSPS) is 17.7. The van der Waals surface area contributed by atoms with E-state index in [0.717, 1.165) is 28.2 Å². The molecule has 0 aliphatic carbocycles. The summed E-state index contributed by atoms with van der Waals surface area (Å²) in [7, 11) is -3.74. The summed E-state index contributed by atoms with van der Waals surface area (Å²) in [5.41, 5.74) is 2.13. The van der Waals surface area contributed by atoms with Crippen LogP contribution >= 0.6 is 0 Å². The van der Waals surface area contributed by atoms with Gasteiger partial charge in [0.05, 0.1) is 11.9 Å². The maximum absolute atomic E-state index is 13.2. The molecule has 0 unspecified atom stereocenters. The van der Waals surface area contributed by atoms with Gasteiger partial charge in [-0.3, -0.25) is 9.10 Å². The van der Waals surface area contributed by atoms with E-state index in [1.165, 1.54) is 24.3 Å². The van der Waals surface area contributed by atoms with Crippen molar-refractivity contribution in [3.8, 4) is 0 Å². The standard InChI is InChI=1S/C19H21FN2O3S/c1-13-12-15-6-4-5-7-18(15)21(13)19(23)14(2)22(26(3,24)25)17-10-8-16(20)9-11-17/h4-11,13-14H,12H2,1-3H3/t13-,14-/m1/s1. The van der Waals surface area contributed by atoms with E-state index in [-0.39, 0.29) is 17.6 Å². The molecular formula is C19H21FN2O3S. The van der Waals surface area contributed by atoms with Crippen molar-refractivity contribution >= 4 is 27.3 Å². The fraction of sp³-hybridized carbons (Fsp3) is 0.316. The van der Waals surface area contributed by atoms with Gasteiger partial charge in [0.2, 0.25) is 10.0 Å². The molecule has 0 bridgehead atoms. The first-order chi connectivity index (χ1) is 12.2. The van der Waals surface area contributed by atoms with Gasteiger partial charge in [0, 0.05) is 11.7 Å². The van der Waals surface area contributed by atoms with E-state index in [9.17, 15) is 17.6 Å². The van der Waals surface area contributed by atoms with Gasteiger partial charge >= 0.3 is 0 Å². The molecule has 0 N–H and O–H groups in total. The number of benzene rings is 2. The van der Waals surface area contributed by atoms with Crippen LogP contribution in [0.4, 0.5) is 15.8 Å². The maximum atomic E-state index is 13.2. The van der Waals surface area contributed by atoms with Crippen LogP contribution in [0.15, 0.2) is 48.5 Å². The lowest BCUT2D eigenvalue weighted by molar-refractivity contribution is -0.119. The predicted octanol–water partition coefficient (Wildman–Crippen LogP) is 2.96. The summed E-state index contributed by atoms with van der Waals surface area (Å²) in [5.74, 6) is -0.777. The summed E-state index contributed by atoms with van der Waals surface area (Å²) in [5, 5.41) is 0. The minimum absolute atomic E-state index is 0.0584. The molecule has 0 saturated carbocycles. The molecule has 0 spiro atoms. The van der Waals surface area contributed by atoms with Gasteiger partial charge in [-0.1, -0.05) is 18.2 Å². The molecule has 0 fully saturated rings. The SMILES string of the molecule is C[C@@H]1Cc2ccccc2N1C(=O)[C@@H](C)N(c1ccc(F)cc1)S(C)(=O)=O. The van der Waals surface area contributed by atoms with E-state index in [0.29, 0.717) is 0 Å².